The van der Waals surface area contributed by atoms with Gasteiger partial charge in [0.05, 0.1) is 29.5 Å². The van der Waals surface area contributed by atoms with Gasteiger partial charge in [-0.2, -0.15) is 10.4 Å². The summed E-state index contributed by atoms with van der Waals surface area (Å²) in [6, 6.07) is 18.2. The molecule has 4 aromatic rings. The standard InChI is InChI=1S/C23H18ClN5O2/c24-18-7-1-2-8-20(18)29-21(14-19(27-29)22-9-4-13-31-22)23(30)28(12-5-10-25)16-17-6-3-11-26-15-17/h1-4,6-9,11,13-15H,5,12,16H2. The van der Waals surface area contributed by atoms with Gasteiger partial charge in [-0.3, -0.25) is 9.78 Å². The van der Waals surface area contributed by atoms with Gasteiger partial charge in [0, 0.05) is 31.5 Å². The van der Waals surface area contributed by atoms with Gasteiger partial charge in [-0.15, -0.1) is 0 Å². The molecule has 0 fully saturated rings. The molecule has 0 aliphatic heterocycles. The number of pyridine rings is 1. The molecule has 0 spiro atoms. The molecule has 0 atom stereocenters. The molecule has 1 amide bonds. The summed E-state index contributed by atoms with van der Waals surface area (Å²) in [6.45, 7) is 0.589. The Hall–Kier alpha value is -3.89. The Morgan fingerprint density at radius 2 is 2.06 bits per heavy atom. The zero-order chi connectivity index (χ0) is 21.6. The lowest BCUT2D eigenvalue weighted by Crippen LogP contribution is -2.33. The van der Waals surface area contributed by atoms with Gasteiger partial charge in [0.25, 0.3) is 5.91 Å². The summed E-state index contributed by atoms with van der Waals surface area (Å²) in [6.07, 6.45) is 5.13. The summed E-state index contributed by atoms with van der Waals surface area (Å²) in [7, 11) is 0. The zero-order valence-corrected chi connectivity index (χ0v) is 17.2. The third kappa shape index (κ3) is 4.49. The van der Waals surface area contributed by atoms with Crippen LogP contribution in [0.3, 0.4) is 0 Å². The molecule has 3 aromatic heterocycles. The number of carbonyl (C=O) groups is 1. The van der Waals surface area contributed by atoms with E-state index in [1.807, 2.05) is 24.3 Å². The zero-order valence-electron chi connectivity index (χ0n) is 16.5. The van der Waals surface area contributed by atoms with Gasteiger partial charge in [0.1, 0.15) is 11.4 Å². The summed E-state index contributed by atoms with van der Waals surface area (Å²) in [5.41, 5.74) is 2.27. The van der Waals surface area contributed by atoms with Gasteiger partial charge >= 0.3 is 0 Å². The SMILES string of the molecule is N#CCCN(Cc1cccnc1)C(=O)c1cc(-c2ccco2)nn1-c1ccccc1Cl. The summed E-state index contributed by atoms with van der Waals surface area (Å²) >= 11 is 6.40. The monoisotopic (exact) mass is 431 g/mol. The van der Waals surface area contributed by atoms with Crippen LogP contribution in [0.4, 0.5) is 0 Å². The molecule has 31 heavy (non-hydrogen) atoms. The number of para-hydroxylation sites is 1. The molecule has 154 valence electrons. The van der Waals surface area contributed by atoms with E-state index in [9.17, 15) is 4.79 Å². The van der Waals surface area contributed by atoms with Crippen LogP contribution in [0.2, 0.25) is 5.02 Å². The first-order chi connectivity index (χ1) is 15.2. The van der Waals surface area contributed by atoms with Crippen LogP contribution < -0.4 is 0 Å². The molecule has 0 N–H and O–H groups in total. The molecule has 7 nitrogen and oxygen atoms in total. The second kappa shape index (κ2) is 9.28. The topological polar surface area (TPSA) is 87.9 Å². The van der Waals surface area contributed by atoms with Crippen molar-refractivity contribution in [2.45, 2.75) is 13.0 Å². The number of hydrogen-bond donors (Lipinski definition) is 0. The molecule has 0 bridgehead atoms. The normalized spacial score (nSPS) is 10.6. The molecule has 3 heterocycles. The van der Waals surface area contributed by atoms with Crippen LogP contribution in [0.15, 0.2) is 77.7 Å². The third-order valence-electron chi connectivity index (χ3n) is 4.66. The predicted octanol–water partition coefficient (Wildman–Crippen LogP) is 4.74. The van der Waals surface area contributed by atoms with Crippen LogP contribution in [-0.4, -0.2) is 32.1 Å². The minimum atomic E-state index is -0.274. The van der Waals surface area contributed by atoms with E-state index < -0.39 is 0 Å². The second-order valence-corrected chi connectivity index (χ2v) is 7.16. The summed E-state index contributed by atoms with van der Waals surface area (Å²) in [4.78, 5) is 19.3. The molecule has 0 unspecified atom stereocenters. The average molecular weight is 432 g/mol. The van der Waals surface area contributed by atoms with Crippen molar-refractivity contribution in [1.29, 1.82) is 5.26 Å². The first kappa shape index (κ1) is 20.4. The number of carbonyl (C=O) groups excluding carboxylic acids is 1. The lowest BCUT2D eigenvalue weighted by atomic mass is 10.2. The number of nitrogens with zero attached hydrogens (tertiary/aromatic N) is 5. The third-order valence-corrected chi connectivity index (χ3v) is 4.98. The predicted molar refractivity (Wildman–Crippen MR) is 115 cm³/mol. The molecule has 0 saturated heterocycles. The van der Waals surface area contributed by atoms with Crippen molar-refractivity contribution >= 4 is 17.5 Å². The van der Waals surface area contributed by atoms with Crippen molar-refractivity contribution in [2.24, 2.45) is 0 Å². The van der Waals surface area contributed by atoms with Gasteiger partial charge in [-0.25, -0.2) is 4.68 Å². The lowest BCUT2D eigenvalue weighted by molar-refractivity contribution is 0.0737. The highest BCUT2D eigenvalue weighted by molar-refractivity contribution is 6.32. The van der Waals surface area contributed by atoms with Gasteiger partial charge in [-0.1, -0.05) is 29.8 Å². The molecule has 0 aliphatic carbocycles. The van der Waals surface area contributed by atoms with E-state index in [1.54, 1.807) is 53.9 Å². The van der Waals surface area contributed by atoms with Crippen molar-refractivity contribution < 1.29 is 9.21 Å². The maximum absolute atomic E-state index is 13.6. The summed E-state index contributed by atoms with van der Waals surface area (Å²) < 4.78 is 6.99. The van der Waals surface area contributed by atoms with Crippen LogP contribution in [0.5, 0.6) is 0 Å². The minimum Gasteiger partial charge on any atom is -0.463 e. The Bertz CT molecular complexity index is 1210. The Morgan fingerprint density at radius 3 is 2.77 bits per heavy atom. The number of aromatic nitrogens is 3. The Labute approximate surface area is 184 Å². The maximum atomic E-state index is 13.6. The first-order valence-electron chi connectivity index (χ1n) is 9.61. The van der Waals surface area contributed by atoms with Gasteiger partial charge < -0.3 is 9.32 Å². The van der Waals surface area contributed by atoms with Gasteiger partial charge in [0.15, 0.2) is 5.76 Å². The molecule has 8 heteroatoms. The molecule has 0 saturated carbocycles. The quantitative estimate of drug-likeness (QED) is 0.421. The van der Waals surface area contributed by atoms with Crippen LogP contribution in [0, 0.1) is 11.3 Å². The van der Waals surface area contributed by atoms with E-state index in [-0.39, 0.29) is 18.9 Å². The second-order valence-electron chi connectivity index (χ2n) is 6.75. The van der Waals surface area contributed by atoms with Crippen molar-refractivity contribution in [3.8, 4) is 23.2 Å². The van der Waals surface area contributed by atoms with Crippen molar-refractivity contribution in [2.75, 3.05) is 6.54 Å². The summed E-state index contributed by atoms with van der Waals surface area (Å²) in [5.74, 6) is 0.264. The number of hydrogen-bond acceptors (Lipinski definition) is 5. The fraction of sp³-hybridized carbons (Fsp3) is 0.130. The smallest absolute Gasteiger partial charge is 0.272 e. The maximum Gasteiger partial charge on any atom is 0.272 e. The van der Waals surface area contributed by atoms with Crippen LogP contribution in [0.1, 0.15) is 22.5 Å². The molecule has 1 aromatic carbocycles. The first-order valence-corrected chi connectivity index (χ1v) is 9.99. The van der Waals surface area contributed by atoms with E-state index in [0.717, 1.165) is 5.56 Å². The lowest BCUT2D eigenvalue weighted by Gasteiger charge is -2.22. The number of furan rings is 1. The Kier molecular flexibility index (Phi) is 6.11. The average Bonchev–Trinajstić information content (AvgIpc) is 3.47. The van der Waals surface area contributed by atoms with Crippen LogP contribution >= 0.6 is 11.6 Å². The van der Waals surface area contributed by atoms with Crippen LogP contribution in [0.25, 0.3) is 17.1 Å². The number of benzene rings is 1. The molecular weight excluding hydrogens is 414 g/mol. The van der Waals surface area contributed by atoms with E-state index in [2.05, 4.69) is 16.2 Å². The molecule has 4 rings (SSSR count). The highest BCUT2D eigenvalue weighted by atomic mass is 35.5. The van der Waals surface area contributed by atoms with Crippen molar-refractivity contribution in [3.63, 3.8) is 0 Å². The number of rotatable bonds is 7. The largest absolute Gasteiger partial charge is 0.463 e. The Morgan fingerprint density at radius 1 is 1.19 bits per heavy atom. The van der Waals surface area contributed by atoms with Crippen molar-refractivity contribution in [3.05, 3.63) is 89.5 Å². The van der Waals surface area contributed by atoms with Crippen LogP contribution in [-0.2, 0) is 6.54 Å². The fourth-order valence-electron chi connectivity index (χ4n) is 3.20. The van der Waals surface area contributed by atoms with Crippen molar-refractivity contribution in [1.82, 2.24) is 19.7 Å². The number of nitriles is 1. The van der Waals surface area contributed by atoms with Gasteiger partial charge in [0.2, 0.25) is 0 Å². The number of halogens is 1. The highest BCUT2D eigenvalue weighted by Crippen LogP contribution is 2.27. The van der Waals surface area contributed by atoms with E-state index in [4.69, 9.17) is 21.3 Å². The van der Waals surface area contributed by atoms with Gasteiger partial charge in [-0.05, 0) is 35.9 Å². The Balaban J connectivity index is 1.77. The van der Waals surface area contributed by atoms with E-state index >= 15 is 0 Å². The van der Waals surface area contributed by atoms with E-state index in [0.29, 0.717) is 34.4 Å². The molecular formula is C23H18ClN5O2. The van der Waals surface area contributed by atoms with E-state index in [1.165, 1.54) is 4.68 Å². The number of amides is 1. The highest BCUT2D eigenvalue weighted by Gasteiger charge is 2.24. The molecule has 0 radical (unpaired) electrons. The minimum absolute atomic E-state index is 0.206. The fourth-order valence-corrected chi connectivity index (χ4v) is 3.41. The molecule has 0 aliphatic rings. The summed E-state index contributed by atoms with van der Waals surface area (Å²) in [5, 5.41) is 14.1.